The van der Waals surface area contributed by atoms with Crippen molar-refractivity contribution in [1.29, 1.82) is 0 Å². The lowest BCUT2D eigenvalue weighted by Gasteiger charge is -2.41. The van der Waals surface area contributed by atoms with Gasteiger partial charge in [0.05, 0.1) is 42.4 Å². The number of morpholine rings is 1. The Bertz CT molecular complexity index is 776. The summed E-state index contributed by atoms with van der Waals surface area (Å²) in [6, 6.07) is -1.16. The van der Waals surface area contributed by atoms with Crippen LogP contribution in [0.15, 0.2) is 0 Å². The van der Waals surface area contributed by atoms with Crippen LogP contribution in [0, 0.1) is 23.7 Å². The van der Waals surface area contributed by atoms with Gasteiger partial charge in [-0.15, -0.1) is 11.8 Å². The molecular formula is C23H38N4O5S. The minimum atomic E-state index is -0.695. The summed E-state index contributed by atoms with van der Waals surface area (Å²) in [7, 11) is 1.60. The van der Waals surface area contributed by atoms with E-state index in [0.29, 0.717) is 19.8 Å². The van der Waals surface area contributed by atoms with Gasteiger partial charge in [0, 0.05) is 38.5 Å². The normalized spacial score (nSPS) is 36.8. The van der Waals surface area contributed by atoms with E-state index in [1.807, 2.05) is 13.8 Å². The zero-order valence-electron chi connectivity index (χ0n) is 20.1. The van der Waals surface area contributed by atoms with Gasteiger partial charge in [0.2, 0.25) is 17.7 Å². The summed E-state index contributed by atoms with van der Waals surface area (Å²) in [5, 5.41) is 16.1. The molecule has 10 heteroatoms. The maximum atomic E-state index is 13.9. The number of carbonyl (C=O) groups is 3. The number of likely N-dealkylation sites (tertiary alicyclic amines) is 1. The van der Waals surface area contributed by atoms with E-state index in [4.69, 9.17) is 4.74 Å². The fraction of sp³-hybridized carbons (Fsp3) is 0.870. The lowest BCUT2D eigenvalue weighted by Crippen LogP contribution is -2.59. The first-order valence-electron chi connectivity index (χ1n) is 12.2. The second-order valence-electron chi connectivity index (χ2n) is 10.2. The minimum Gasteiger partial charge on any atom is -0.394 e. The number of carbonyl (C=O) groups excluding carboxylic acids is 3. The van der Waals surface area contributed by atoms with Crippen LogP contribution in [0.1, 0.15) is 27.2 Å². The van der Waals surface area contributed by atoms with Gasteiger partial charge in [-0.25, -0.2) is 0 Å². The van der Waals surface area contributed by atoms with E-state index >= 15 is 0 Å². The van der Waals surface area contributed by atoms with E-state index in [2.05, 4.69) is 22.5 Å². The average molecular weight is 483 g/mol. The number of thioether (sulfide) groups is 1. The predicted molar refractivity (Wildman–Crippen MR) is 126 cm³/mol. The molecule has 0 aromatic rings. The number of amides is 3. The van der Waals surface area contributed by atoms with Crippen molar-refractivity contribution in [3.8, 4) is 0 Å². The number of aliphatic hydroxyl groups excluding tert-OH is 1. The van der Waals surface area contributed by atoms with Crippen LogP contribution >= 0.6 is 11.8 Å². The van der Waals surface area contributed by atoms with Gasteiger partial charge in [-0.3, -0.25) is 19.3 Å². The summed E-state index contributed by atoms with van der Waals surface area (Å²) >= 11 is 1.66. The summed E-state index contributed by atoms with van der Waals surface area (Å²) in [6.45, 7) is 10.1. The smallest absolute Gasteiger partial charge is 0.244 e. The van der Waals surface area contributed by atoms with Crippen molar-refractivity contribution in [2.75, 3.05) is 53.0 Å². The molecule has 4 saturated heterocycles. The molecule has 4 rings (SSSR count). The summed E-state index contributed by atoms with van der Waals surface area (Å²) < 4.78 is 4.74. The number of nitrogens with one attached hydrogen (secondary N) is 2. The molecule has 4 heterocycles. The highest BCUT2D eigenvalue weighted by atomic mass is 32.2. The van der Waals surface area contributed by atoms with E-state index in [-0.39, 0.29) is 41.4 Å². The number of ether oxygens (including phenoxy) is 1. The molecule has 1 spiro atoms. The SMILES string of the molecule is CNC(=O)[C@@H]1[C@H]2C(=O)N([C@@H](CO)C(C)C)C(C(=O)NCCN3CCOCC3)C23S[C@@H]1CC3C. The highest BCUT2D eigenvalue weighted by Crippen LogP contribution is 2.68. The number of hydrogen-bond acceptors (Lipinski definition) is 7. The second kappa shape index (κ2) is 9.71. The molecule has 3 N–H and O–H groups in total. The van der Waals surface area contributed by atoms with E-state index in [0.717, 1.165) is 26.1 Å². The van der Waals surface area contributed by atoms with Gasteiger partial charge >= 0.3 is 0 Å². The van der Waals surface area contributed by atoms with Crippen molar-refractivity contribution in [3.05, 3.63) is 0 Å². The predicted octanol–water partition coefficient (Wildman–Crippen LogP) is -0.465. The quantitative estimate of drug-likeness (QED) is 0.429. The highest BCUT2D eigenvalue weighted by Gasteiger charge is 2.76. The lowest BCUT2D eigenvalue weighted by molar-refractivity contribution is -0.143. The summed E-state index contributed by atoms with van der Waals surface area (Å²) in [5.41, 5.74) is 0. The Morgan fingerprint density at radius 2 is 1.97 bits per heavy atom. The summed E-state index contributed by atoms with van der Waals surface area (Å²) in [5.74, 6) is -1.34. The molecular weight excluding hydrogens is 444 g/mol. The fourth-order valence-corrected chi connectivity index (χ4v) is 8.87. The van der Waals surface area contributed by atoms with Crippen LogP contribution in [0.3, 0.4) is 0 Å². The van der Waals surface area contributed by atoms with Crippen LogP contribution < -0.4 is 10.6 Å². The molecule has 4 fully saturated rings. The molecule has 9 nitrogen and oxygen atoms in total. The highest BCUT2D eigenvalue weighted by molar-refractivity contribution is 8.02. The van der Waals surface area contributed by atoms with Crippen molar-refractivity contribution in [1.82, 2.24) is 20.4 Å². The maximum Gasteiger partial charge on any atom is 0.244 e. The number of rotatable bonds is 8. The van der Waals surface area contributed by atoms with Gasteiger partial charge < -0.3 is 25.4 Å². The van der Waals surface area contributed by atoms with Crippen molar-refractivity contribution in [3.63, 3.8) is 0 Å². The zero-order valence-corrected chi connectivity index (χ0v) is 20.9. The van der Waals surface area contributed by atoms with Crippen LogP contribution in [0.5, 0.6) is 0 Å². The molecule has 186 valence electrons. The molecule has 0 aliphatic carbocycles. The first-order chi connectivity index (χ1) is 15.8. The molecule has 0 aromatic heterocycles. The van der Waals surface area contributed by atoms with Gasteiger partial charge in [0.25, 0.3) is 0 Å². The van der Waals surface area contributed by atoms with E-state index in [1.165, 1.54) is 0 Å². The second-order valence-corrected chi connectivity index (χ2v) is 11.7. The molecule has 4 aliphatic heterocycles. The minimum absolute atomic E-state index is 0.0196. The number of nitrogens with zero attached hydrogens (tertiary/aromatic N) is 2. The molecule has 4 aliphatic rings. The Morgan fingerprint density at radius 1 is 1.27 bits per heavy atom. The Morgan fingerprint density at radius 3 is 2.58 bits per heavy atom. The van der Waals surface area contributed by atoms with Gasteiger partial charge in [-0.2, -0.15) is 0 Å². The molecule has 2 bridgehead atoms. The van der Waals surface area contributed by atoms with Crippen LogP contribution in [0.4, 0.5) is 0 Å². The Kier molecular flexibility index (Phi) is 7.29. The van der Waals surface area contributed by atoms with Crippen LogP contribution in [0.2, 0.25) is 0 Å². The molecule has 3 unspecified atom stereocenters. The lowest BCUT2D eigenvalue weighted by atomic mass is 9.66. The molecule has 0 aromatic carbocycles. The van der Waals surface area contributed by atoms with Gasteiger partial charge in [-0.1, -0.05) is 20.8 Å². The van der Waals surface area contributed by atoms with E-state index < -0.39 is 28.7 Å². The van der Waals surface area contributed by atoms with Crippen molar-refractivity contribution >= 4 is 29.5 Å². The van der Waals surface area contributed by atoms with Gasteiger partial charge in [0.15, 0.2) is 0 Å². The monoisotopic (exact) mass is 482 g/mol. The number of hydrogen-bond donors (Lipinski definition) is 3. The van der Waals surface area contributed by atoms with E-state index in [9.17, 15) is 19.5 Å². The summed E-state index contributed by atoms with van der Waals surface area (Å²) in [4.78, 5) is 44.4. The zero-order chi connectivity index (χ0) is 23.9. The third-order valence-corrected chi connectivity index (χ3v) is 10.2. The van der Waals surface area contributed by atoms with E-state index in [1.54, 1.807) is 23.7 Å². The van der Waals surface area contributed by atoms with Crippen LogP contribution in [-0.4, -0.2) is 108 Å². The third kappa shape index (κ3) is 3.96. The first kappa shape index (κ1) is 24.8. The third-order valence-electron chi connectivity index (χ3n) is 8.13. The number of aliphatic hydroxyl groups is 1. The van der Waals surface area contributed by atoms with Crippen molar-refractivity contribution < 1.29 is 24.2 Å². The van der Waals surface area contributed by atoms with Gasteiger partial charge in [0.1, 0.15) is 6.04 Å². The Labute approximate surface area is 200 Å². The van der Waals surface area contributed by atoms with Crippen molar-refractivity contribution in [2.45, 2.75) is 49.3 Å². The summed E-state index contributed by atoms with van der Waals surface area (Å²) in [6.07, 6.45) is 0.809. The van der Waals surface area contributed by atoms with Crippen molar-refractivity contribution in [2.24, 2.45) is 23.7 Å². The molecule has 0 saturated carbocycles. The standard InChI is InChI=1S/C23H38N4O5S/c1-13(2)15(12-28)27-19(21(30)25-5-6-26-7-9-32-10-8-26)23-14(3)11-16(33-23)17(20(29)24-4)18(23)22(27)31/h13-19,28H,5-12H2,1-4H3,(H,24,29)(H,25,30)/t14?,15-,16+,17-,18-,19?,23?/m0/s1. The molecule has 7 atom stereocenters. The average Bonchev–Trinajstić information content (AvgIpc) is 3.38. The molecule has 0 radical (unpaired) electrons. The number of fused-ring (bicyclic) bond motifs is 1. The fourth-order valence-electron chi connectivity index (χ4n) is 6.46. The largest absolute Gasteiger partial charge is 0.394 e. The van der Waals surface area contributed by atoms with Crippen LogP contribution in [-0.2, 0) is 19.1 Å². The molecule has 33 heavy (non-hydrogen) atoms. The van der Waals surface area contributed by atoms with Gasteiger partial charge in [-0.05, 0) is 18.3 Å². The Balaban J connectivity index is 1.63. The van der Waals surface area contributed by atoms with Crippen LogP contribution in [0.25, 0.3) is 0 Å². The maximum absolute atomic E-state index is 13.9. The topological polar surface area (TPSA) is 111 Å². The Hall–Kier alpha value is -1.36. The molecule has 3 amide bonds. The first-order valence-corrected chi connectivity index (χ1v) is 13.1.